The summed E-state index contributed by atoms with van der Waals surface area (Å²) in [7, 11) is 0. The number of aliphatic hydroxyl groups is 1. The topological polar surface area (TPSA) is 94.5 Å². The highest BCUT2D eigenvalue weighted by molar-refractivity contribution is 6.33. The van der Waals surface area contributed by atoms with Gasteiger partial charge in [0.1, 0.15) is 0 Å². The highest BCUT2D eigenvalue weighted by atomic mass is 35.5. The molecule has 0 spiro atoms. The Bertz CT molecular complexity index is 899. The summed E-state index contributed by atoms with van der Waals surface area (Å²) < 4.78 is 0. The first-order valence-electron chi connectivity index (χ1n) is 11.0. The number of hydrogen-bond acceptors (Lipinski definition) is 4. The monoisotopic (exact) mass is 445 g/mol. The van der Waals surface area contributed by atoms with Gasteiger partial charge in [-0.15, -0.1) is 0 Å². The van der Waals surface area contributed by atoms with Crippen molar-refractivity contribution in [2.24, 2.45) is 5.92 Å². The molecular weight excluding hydrogens is 414 g/mol. The van der Waals surface area contributed by atoms with Gasteiger partial charge in [0.25, 0.3) is 0 Å². The Morgan fingerprint density at radius 1 is 1.39 bits per heavy atom. The number of amides is 1. The number of hydrogen-bond donors (Lipinski definition) is 4. The summed E-state index contributed by atoms with van der Waals surface area (Å²) in [4.78, 5) is 15.2. The number of halogens is 1. The van der Waals surface area contributed by atoms with E-state index in [0.717, 1.165) is 30.5 Å². The minimum atomic E-state index is -1.17. The predicted octanol–water partition coefficient (Wildman–Crippen LogP) is 4.76. The average Bonchev–Trinajstić information content (AvgIpc) is 2.77. The molecule has 1 aromatic heterocycles. The van der Waals surface area contributed by atoms with Gasteiger partial charge in [0, 0.05) is 42.5 Å². The van der Waals surface area contributed by atoms with Crippen molar-refractivity contribution in [2.75, 3.05) is 19.6 Å². The molecule has 31 heavy (non-hydrogen) atoms. The maximum Gasteiger partial charge on any atom is 0.404 e. The summed E-state index contributed by atoms with van der Waals surface area (Å²) in [5, 5.41) is 27.3. The van der Waals surface area contributed by atoms with Crippen molar-refractivity contribution in [1.82, 2.24) is 15.6 Å². The second kappa shape index (κ2) is 10.4. The molecule has 6 nitrogen and oxygen atoms in total. The van der Waals surface area contributed by atoms with E-state index in [4.69, 9.17) is 16.7 Å². The molecule has 1 amide bonds. The molecule has 0 saturated carbocycles. The maximum absolute atomic E-state index is 12.1. The number of piperidine rings is 1. The van der Waals surface area contributed by atoms with Gasteiger partial charge < -0.3 is 20.8 Å². The summed E-state index contributed by atoms with van der Waals surface area (Å²) in [5.74, 6) is 0.353. The van der Waals surface area contributed by atoms with Gasteiger partial charge in [-0.25, -0.2) is 4.79 Å². The lowest BCUT2D eigenvalue weighted by molar-refractivity contribution is -0.0418. The molecule has 1 aliphatic rings. The first kappa shape index (κ1) is 23.5. The fourth-order valence-corrected chi connectivity index (χ4v) is 4.75. The molecule has 2 atom stereocenters. The molecule has 4 N–H and O–H groups in total. The molecule has 1 unspecified atom stereocenters. The van der Waals surface area contributed by atoms with Crippen LogP contribution in [0.3, 0.4) is 0 Å². The molecule has 7 heteroatoms. The lowest BCUT2D eigenvalue weighted by atomic mass is 9.73. The second-order valence-corrected chi connectivity index (χ2v) is 9.03. The van der Waals surface area contributed by atoms with Crippen molar-refractivity contribution in [3.63, 3.8) is 0 Å². The van der Waals surface area contributed by atoms with Gasteiger partial charge in [-0.1, -0.05) is 49.7 Å². The molecule has 2 heterocycles. The van der Waals surface area contributed by atoms with Crippen LogP contribution >= 0.6 is 11.6 Å². The Morgan fingerprint density at radius 2 is 2.19 bits per heavy atom. The standard InChI is InChI=1S/C24H32ClN3O3/c1-16(2)17-6-3-7-18(12-17)22-20(14-27-15-21(22)25)24(31,9-5-11-28-23(29)30)19-8-4-10-26-13-19/h3,6-7,12,14-16,19,26,28,31H,4-5,8-11,13H2,1-2H3,(H,29,30)/t19-,24?/m1/s1. The third-order valence-corrected chi connectivity index (χ3v) is 6.48. The lowest BCUT2D eigenvalue weighted by Gasteiger charge is -2.40. The number of pyridine rings is 1. The number of rotatable bonds is 8. The van der Waals surface area contributed by atoms with Crippen LogP contribution in [0.5, 0.6) is 0 Å². The predicted molar refractivity (Wildman–Crippen MR) is 124 cm³/mol. The average molecular weight is 446 g/mol. The minimum absolute atomic E-state index is 0.0154. The Hall–Kier alpha value is -2.15. The van der Waals surface area contributed by atoms with E-state index in [1.54, 1.807) is 12.4 Å². The molecular formula is C24H32ClN3O3. The van der Waals surface area contributed by atoms with Crippen LogP contribution in [-0.2, 0) is 5.60 Å². The van der Waals surface area contributed by atoms with Crippen LogP contribution in [0.2, 0.25) is 5.02 Å². The summed E-state index contributed by atoms with van der Waals surface area (Å²) in [6, 6.07) is 8.25. The van der Waals surface area contributed by atoms with E-state index in [2.05, 4.69) is 41.6 Å². The Balaban J connectivity index is 2.05. The smallest absolute Gasteiger partial charge is 0.404 e. The molecule has 1 aliphatic heterocycles. The maximum atomic E-state index is 12.1. The van der Waals surface area contributed by atoms with Gasteiger partial charge in [0.15, 0.2) is 0 Å². The number of carbonyl (C=O) groups is 1. The first-order valence-corrected chi connectivity index (χ1v) is 11.3. The normalized spacial score (nSPS) is 18.5. The van der Waals surface area contributed by atoms with Crippen LogP contribution in [0, 0.1) is 5.92 Å². The first-order chi connectivity index (χ1) is 14.8. The van der Waals surface area contributed by atoms with Crippen LogP contribution < -0.4 is 10.6 Å². The van der Waals surface area contributed by atoms with Gasteiger partial charge >= 0.3 is 6.09 Å². The van der Waals surface area contributed by atoms with Crippen molar-refractivity contribution >= 4 is 17.7 Å². The largest absolute Gasteiger partial charge is 0.465 e. The van der Waals surface area contributed by atoms with Crippen molar-refractivity contribution in [1.29, 1.82) is 0 Å². The third-order valence-electron chi connectivity index (χ3n) is 6.19. The summed E-state index contributed by atoms with van der Waals surface area (Å²) >= 11 is 6.66. The molecule has 0 aliphatic carbocycles. The quantitative estimate of drug-likeness (QED) is 0.439. The second-order valence-electron chi connectivity index (χ2n) is 8.63. The van der Waals surface area contributed by atoms with Crippen molar-refractivity contribution < 1.29 is 15.0 Å². The number of carboxylic acid groups (broad SMARTS) is 1. The van der Waals surface area contributed by atoms with E-state index in [1.807, 2.05) is 12.1 Å². The number of nitrogens with one attached hydrogen (secondary N) is 2. The highest BCUT2D eigenvalue weighted by Gasteiger charge is 2.41. The lowest BCUT2D eigenvalue weighted by Crippen LogP contribution is -2.45. The van der Waals surface area contributed by atoms with Gasteiger partial charge in [0.2, 0.25) is 0 Å². The minimum Gasteiger partial charge on any atom is -0.465 e. The van der Waals surface area contributed by atoms with Crippen molar-refractivity contribution in [2.45, 2.75) is 51.0 Å². The van der Waals surface area contributed by atoms with E-state index in [0.29, 0.717) is 35.9 Å². The van der Waals surface area contributed by atoms with Gasteiger partial charge in [-0.2, -0.15) is 0 Å². The van der Waals surface area contributed by atoms with Crippen LogP contribution in [0.25, 0.3) is 11.1 Å². The van der Waals surface area contributed by atoms with E-state index < -0.39 is 11.7 Å². The van der Waals surface area contributed by atoms with Crippen molar-refractivity contribution in [3.8, 4) is 11.1 Å². The number of aromatic nitrogens is 1. The van der Waals surface area contributed by atoms with Crippen LogP contribution in [0.15, 0.2) is 36.7 Å². The van der Waals surface area contributed by atoms with Crippen LogP contribution in [0.1, 0.15) is 56.6 Å². The molecule has 0 bridgehead atoms. The third kappa shape index (κ3) is 5.56. The fourth-order valence-electron chi connectivity index (χ4n) is 4.48. The van der Waals surface area contributed by atoms with Crippen molar-refractivity contribution in [3.05, 3.63) is 52.8 Å². The zero-order valence-corrected chi connectivity index (χ0v) is 19.0. The molecule has 3 rings (SSSR count). The molecule has 1 fully saturated rings. The SMILES string of the molecule is CC(C)c1cccc(-c2c(Cl)cncc2C(O)(CCCNC(=O)O)[C@@H]2CCCNC2)c1. The van der Waals surface area contributed by atoms with E-state index in [9.17, 15) is 9.90 Å². The molecule has 168 valence electrons. The van der Waals surface area contributed by atoms with E-state index >= 15 is 0 Å². The van der Waals surface area contributed by atoms with Crippen LogP contribution in [0.4, 0.5) is 4.79 Å². The van der Waals surface area contributed by atoms with Gasteiger partial charge in [-0.3, -0.25) is 4.98 Å². The zero-order valence-electron chi connectivity index (χ0n) is 18.2. The summed E-state index contributed by atoms with van der Waals surface area (Å²) in [6.45, 7) is 6.20. The Morgan fingerprint density at radius 3 is 2.87 bits per heavy atom. The fraction of sp³-hybridized carbons (Fsp3) is 0.500. The zero-order chi connectivity index (χ0) is 22.4. The van der Waals surface area contributed by atoms with Crippen LogP contribution in [-0.4, -0.2) is 40.9 Å². The van der Waals surface area contributed by atoms with Gasteiger partial charge in [0.05, 0.1) is 10.6 Å². The number of nitrogens with zero attached hydrogens (tertiary/aromatic N) is 1. The molecule has 1 aromatic carbocycles. The van der Waals surface area contributed by atoms with Gasteiger partial charge in [-0.05, 0) is 49.3 Å². The molecule has 1 saturated heterocycles. The molecule has 0 radical (unpaired) electrons. The number of benzene rings is 1. The molecule has 2 aromatic rings. The van der Waals surface area contributed by atoms with E-state index in [-0.39, 0.29) is 12.5 Å². The summed E-state index contributed by atoms with van der Waals surface area (Å²) in [6.07, 6.45) is 5.07. The Kier molecular flexibility index (Phi) is 7.92. The Labute approximate surface area is 189 Å². The highest BCUT2D eigenvalue weighted by Crippen LogP contribution is 2.44. The van der Waals surface area contributed by atoms with E-state index in [1.165, 1.54) is 5.56 Å². The summed E-state index contributed by atoms with van der Waals surface area (Å²) in [5.41, 5.74) is 2.50.